The molecule has 9 heteroatoms. The lowest BCUT2D eigenvalue weighted by Gasteiger charge is -2.17. The molecule has 2 N–H and O–H groups in total. The van der Waals surface area contributed by atoms with Crippen LogP contribution < -0.4 is 5.32 Å². The zero-order chi connectivity index (χ0) is 26.0. The zero-order valence-corrected chi connectivity index (χ0v) is 19.8. The molecule has 0 radical (unpaired) electrons. The van der Waals surface area contributed by atoms with Gasteiger partial charge in [0.1, 0.15) is 6.04 Å². The van der Waals surface area contributed by atoms with Crippen LogP contribution in [0.25, 0.3) is 34.0 Å². The van der Waals surface area contributed by atoms with Crippen LogP contribution in [0.1, 0.15) is 36.6 Å². The van der Waals surface area contributed by atoms with E-state index in [2.05, 4.69) is 15.5 Å². The number of nitrogens with zero attached hydrogens (tertiary/aromatic N) is 2. The third-order valence-corrected chi connectivity index (χ3v) is 5.96. The minimum absolute atomic E-state index is 0.113. The molecule has 1 heterocycles. The van der Waals surface area contributed by atoms with Crippen LogP contribution in [0, 0.1) is 6.92 Å². The number of halogens is 3. The first kappa shape index (κ1) is 25.1. The van der Waals surface area contributed by atoms with Gasteiger partial charge in [-0.15, -0.1) is 0 Å². The summed E-state index contributed by atoms with van der Waals surface area (Å²) in [7, 11) is 0. The van der Waals surface area contributed by atoms with E-state index in [1.54, 1.807) is 38.1 Å². The maximum Gasteiger partial charge on any atom is 0.417 e. The second-order valence-corrected chi connectivity index (χ2v) is 8.57. The summed E-state index contributed by atoms with van der Waals surface area (Å²) in [5.74, 6) is -0.316. The number of hydrogen-bond donors (Lipinski definition) is 2. The minimum Gasteiger partial charge on any atom is -0.480 e. The number of aromatic nitrogens is 2. The van der Waals surface area contributed by atoms with Crippen molar-refractivity contribution in [3.63, 3.8) is 0 Å². The van der Waals surface area contributed by atoms with E-state index in [1.165, 1.54) is 12.1 Å². The first-order valence-corrected chi connectivity index (χ1v) is 11.2. The van der Waals surface area contributed by atoms with Crippen LogP contribution in [0.2, 0.25) is 0 Å². The van der Waals surface area contributed by atoms with Gasteiger partial charge in [-0.1, -0.05) is 53.7 Å². The van der Waals surface area contributed by atoms with Gasteiger partial charge in [0.15, 0.2) is 0 Å². The van der Waals surface area contributed by atoms with Crippen molar-refractivity contribution in [2.45, 2.75) is 39.0 Å². The van der Waals surface area contributed by atoms with Gasteiger partial charge < -0.3 is 9.63 Å². The lowest BCUT2D eigenvalue weighted by molar-refractivity contribution is -0.139. The minimum atomic E-state index is -4.46. The van der Waals surface area contributed by atoms with Crippen LogP contribution in [0.4, 0.5) is 13.2 Å². The molecular weight excluding hydrogens is 471 g/mol. The molecule has 0 fully saturated rings. The molecule has 0 spiro atoms. The summed E-state index contributed by atoms with van der Waals surface area (Å²) >= 11 is 0. The second-order valence-electron chi connectivity index (χ2n) is 8.57. The Morgan fingerprint density at radius 3 is 2.28 bits per heavy atom. The molecule has 3 aromatic carbocycles. The van der Waals surface area contributed by atoms with E-state index in [1.807, 2.05) is 31.2 Å². The van der Waals surface area contributed by atoms with Crippen LogP contribution in [0.3, 0.4) is 0 Å². The lowest BCUT2D eigenvalue weighted by Crippen LogP contribution is -2.35. The second kappa shape index (κ2) is 9.94. The van der Waals surface area contributed by atoms with E-state index in [-0.39, 0.29) is 17.5 Å². The van der Waals surface area contributed by atoms with E-state index in [0.29, 0.717) is 28.1 Å². The molecule has 0 aliphatic carbocycles. The Bertz CT molecular complexity index is 1380. The van der Waals surface area contributed by atoms with E-state index in [4.69, 9.17) is 9.63 Å². The average molecular weight is 496 g/mol. The number of carboxylic acids is 1. The average Bonchev–Trinajstić information content (AvgIpc) is 3.34. The quantitative estimate of drug-likeness (QED) is 0.303. The number of rotatable bonds is 7. The molecule has 0 amide bonds. The van der Waals surface area contributed by atoms with Gasteiger partial charge in [-0.25, -0.2) is 0 Å². The van der Waals surface area contributed by atoms with Crippen LogP contribution in [0.15, 0.2) is 71.3 Å². The molecule has 0 saturated carbocycles. The summed E-state index contributed by atoms with van der Waals surface area (Å²) in [4.78, 5) is 15.5. The highest BCUT2D eigenvalue weighted by atomic mass is 19.4. The van der Waals surface area contributed by atoms with Crippen molar-refractivity contribution in [3.8, 4) is 34.0 Å². The van der Waals surface area contributed by atoms with Crippen LogP contribution in [-0.2, 0) is 11.0 Å². The summed E-state index contributed by atoms with van der Waals surface area (Å²) in [5, 5.41) is 16.1. The van der Waals surface area contributed by atoms with Crippen molar-refractivity contribution in [1.82, 2.24) is 15.5 Å². The number of nitrogens with one attached hydrogen (secondary N) is 1. The smallest absolute Gasteiger partial charge is 0.417 e. The van der Waals surface area contributed by atoms with E-state index in [0.717, 1.165) is 11.6 Å². The van der Waals surface area contributed by atoms with Gasteiger partial charge >= 0.3 is 12.1 Å². The maximum atomic E-state index is 13.5. The Kier molecular flexibility index (Phi) is 6.94. The standard InChI is InChI=1S/C27H24F3N3O3/c1-15-14-20(12-13-21(15)22-6-4-5-7-23(22)27(28,29)30)25-32-24(33-36-25)19-10-8-18(9-11-19)16(2)31-17(3)26(34)35/h4-14,16-17,31H,1-3H3,(H,34,35)/t16?,17-/m1/s1. The molecule has 0 bridgehead atoms. The van der Waals surface area contributed by atoms with E-state index >= 15 is 0 Å². The molecule has 4 rings (SSSR count). The Morgan fingerprint density at radius 2 is 1.64 bits per heavy atom. The van der Waals surface area contributed by atoms with E-state index in [9.17, 15) is 18.0 Å². The van der Waals surface area contributed by atoms with Gasteiger partial charge in [-0.3, -0.25) is 10.1 Å². The molecule has 4 aromatic rings. The molecule has 36 heavy (non-hydrogen) atoms. The SMILES string of the molecule is Cc1cc(-c2nc(-c3ccc(C(C)N[C@H](C)C(=O)O)cc3)no2)ccc1-c1ccccc1C(F)(F)F. The number of aryl methyl sites for hydroxylation is 1. The fourth-order valence-corrected chi connectivity index (χ4v) is 3.99. The number of carboxylic acid groups (broad SMARTS) is 1. The Hall–Kier alpha value is -3.98. The van der Waals surface area contributed by atoms with Crippen LogP contribution in [0.5, 0.6) is 0 Å². The molecular formula is C27H24F3N3O3. The van der Waals surface area contributed by atoms with Crippen LogP contribution >= 0.6 is 0 Å². The molecule has 1 unspecified atom stereocenters. The van der Waals surface area contributed by atoms with Gasteiger partial charge in [-0.2, -0.15) is 18.2 Å². The van der Waals surface area contributed by atoms with Crippen LogP contribution in [-0.4, -0.2) is 27.3 Å². The predicted molar refractivity (Wildman–Crippen MR) is 129 cm³/mol. The van der Waals surface area contributed by atoms with Crippen molar-refractivity contribution < 1.29 is 27.6 Å². The Balaban J connectivity index is 1.56. The van der Waals surface area contributed by atoms with Gasteiger partial charge in [0.2, 0.25) is 5.82 Å². The molecule has 6 nitrogen and oxygen atoms in total. The first-order valence-electron chi connectivity index (χ1n) is 11.2. The predicted octanol–water partition coefficient (Wildman–Crippen LogP) is 6.52. The zero-order valence-electron chi connectivity index (χ0n) is 19.8. The number of carbonyl (C=O) groups is 1. The molecule has 186 valence electrons. The summed E-state index contributed by atoms with van der Waals surface area (Å²) in [6.45, 7) is 5.19. The van der Waals surface area contributed by atoms with Crippen molar-refractivity contribution >= 4 is 5.97 Å². The normalized spacial score (nSPS) is 13.4. The van der Waals surface area contributed by atoms with E-state index < -0.39 is 23.8 Å². The fraction of sp³-hybridized carbons (Fsp3) is 0.222. The highest BCUT2D eigenvalue weighted by Crippen LogP contribution is 2.38. The highest BCUT2D eigenvalue weighted by Gasteiger charge is 2.33. The topological polar surface area (TPSA) is 88.2 Å². The molecule has 0 aliphatic rings. The van der Waals surface area contributed by atoms with Gasteiger partial charge in [-0.05, 0) is 61.2 Å². The summed E-state index contributed by atoms with van der Waals surface area (Å²) in [6, 6.07) is 17.0. The van der Waals surface area contributed by atoms with Crippen molar-refractivity contribution in [2.75, 3.05) is 0 Å². The van der Waals surface area contributed by atoms with Gasteiger partial charge in [0, 0.05) is 17.2 Å². The number of aliphatic carboxylic acids is 1. The van der Waals surface area contributed by atoms with Crippen molar-refractivity contribution in [3.05, 3.63) is 83.4 Å². The van der Waals surface area contributed by atoms with Crippen molar-refractivity contribution in [2.24, 2.45) is 0 Å². The first-order chi connectivity index (χ1) is 17.0. The molecule has 1 aromatic heterocycles. The number of hydrogen-bond acceptors (Lipinski definition) is 5. The number of benzene rings is 3. The van der Waals surface area contributed by atoms with Gasteiger partial charge in [0.25, 0.3) is 5.89 Å². The van der Waals surface area contributed by atoms with Crippen molar-refractivity contribution in [1.29, 1.82) is 0 Å². The summed E-state index contributed by atoms with van der Waals surface area (Å²) in [6.07, 6.45) is -4.46. The third kappa shape index (κ3) is 5.31. The number of alkyl halides is 3. The highest BCUT2D eigenvalue weighted by molar-refractivity contribution is 5.74. The van der Waals surface area contributed by atoms with Gasteiger partial charge in [0.05, 0.1) is 5.56 Å². The summed E-state index contributed by atoms with van der Waals surface area (Å²) < 4.78 is 45.8. The Morgan fingerprint density at radius 1 is 0.972 bits per heavy atom. The molecule has 0 aliphatic heterocycles. The monoisotopic (exact) mass is 495 g/mol. The lowest BCUT2D eigenvalue weighted by atomic mass is 9.94. The third-order valence-electron chi connectivity index (χ3n) is 5.96. The maximum absolute atomic E-state index is 13.5. The molecule has 2 atom stereocenters. The Labute approximate surface area is 205 Å². The summed E-state index contributed by atoms with van der Waals surface area (Å²) in [5.41, 5.74) is 2.75. The molecule has 0 saturated heterocycles. The largest absolute Gasteiger partial charge is 0.480 e. The fourth-order valence-electron chi connectivity index (χ4n) is 3.99.